The minimum atomic E-state index is -0.952. The zero-order valence-corrected chi connectivity index (χ0v) is 19.6. The number of nitrogens with zero attached hydrogens (tertiary/aromatic N) is 2. The summed E-state index contributed by atoms with van der Waals surface area (Å²) in [6.07, 6.45) is 0.0370. The van der Waals surface area contributed by atoms with Crippen molar-refractivity contribution in [3.8, 4) is 11.5 Å². The number of carboxylic acid groups (broad SMARTS) is 1. The van der Waals surface area contributed by atoms with Crippen molar-refractivity contribution in [3.05, 3.63) is 76.4 Å². The van der Waals surface area contributed by atoms with Crippen molar-refractivity contribution in [1.82, 2.24) is 9.78 Å². The van der Waals surface area contributed by atoms with Gasteiger partial charge in [-0.2, -0.15) is 5.10 Å². The lowest BCUT2D eigenvalue weighted by atomic mass is 10.1. The standard InChI is InChI=1S/C26H31FN2O4/c1-17(2)15-33-25-9-5-20(12-22(25)14-29-19(4)11-18(3)28-29)16-32-23-8-6-21(24(27)13-23)7-10-26(30)31/h5-6,8-9,11-13,17H,7,10,14-16H2,1-4H3,(H,30,31). The highest BCUT2D eigenvalue weighted by atomic mass is 19.1. The van der Waals surface area contributed by atoms with Crippen molar-refractivity contribution in [3.63, 3.8) is 0 Å². The number of halogens is 1. The Kier molecular flexibility index (Phi) is 8.09. The molecule has 0 radical (unpaired) electrons. The van der Waals surface area contributed by atoms with Crippen LogP contribution >= 0.6 is 0 Å². The zero-order chi connectivity index (χ0) is 24.0. The smallest absolute Gasteiger partial charge is 0.303 e. The first-order valence-electron chi connectivity index (χ1n) is 11.1. The molecule has 0 unspecified atom stereocenters. The number of aliphatic carboxylic acids is 1. The molecule has 176 valence electrons. The van der Waals surface area contributed by atoms with E-state index in [1.165, 1.54) is 6.07 Å². The molecule has 0 aliphatic heterocycles. The van der Waals surface area contributed by atoms with Crippen LogP contribution in [0.1, 0.15) is 48.3 Å². The number of hydrogen-bond acceptors (Lipinski definition) is 4. The maximum Gasteiger partial charge on any atom is 0.303 e. The first-order chi connectivity index (χ1) is 15.7. The number of carboxylic acids is 1. The van der Waals surface area contributed by atoms with Crippen LogP contribution in [-0.2, 0) is 24.4 Å². The SMILES string of the molecule is Cc1cc(C)n(Cc2cc(COc3ccc(CCC(=O)O)c(F)c3)ccc2OCC(C)C)n1. The van der Waals surface area contributed by atoms with Crippen LogP contribution in [0.3, 0.4) is 0 Å². The summed E-state index contributed by atoms with van der Waals surface area (Å²) in [5.41, 5.74) is 4.33. The molecular formula is C26H31FN2O4. The van der Waals surface area contributed by atoms with E-state index < -0.39 is 11.8 Å². The van der Waals surface area contributed by atoms with E-state index >= 15 is 0 Å². The Morgan fingerprint density at radius 3 is 2.52 bits per heavy atom. The summed E-state index contributed by atoms with van der Waals surface area (Å²) in [6.45, 7) is 9.67. The molecule has 0 spiro atoms. The highest BCUT2D eigenvalue weighted by Gasteiger charge is 2.11. The quantitative estimate of drug-likeness (QED) is 0.425. The van der Waals surface area contributed by atoms with Crippen molar-refractivity contribution >= 4 is 5.97 Å². The van der Waals surface area contributed by atoms with E-state index in [0.29, 0.717) is 30.4 Å². The Labute approximate surface area is 194 Å². The second-order valence-corrected chi connectivity index (χ2v) is 8.67. The van der Waals surface area contributed by atoms with Gasteiger partial charge in [-0.15, -0.1) is 0 Å². The van der Waals surface area contributed by atoms with Crippen molar-refractivity contribution in [2.24, 2.45) is 5.92 Å². The molecule has 1 heterocycles. The molecule has 33 heavy (non-hydrogen) atoms. The molecule has 3 rings (SSSR count). The third-order valence-electron chi connectivity index (χ3n) is 5.16. The van der Waals surface area contributed by atoms with Gasteiger partial charge in [0.2, 0.25) is 0 Å². The summed E-state index contributed by atoms with van der Waals surface area (Å²) in [6, 6.07) is 12.5. The number of aryl methyl sites for hydroxylation is 3. The predicted molar refractivity (Wildman–Crippen MR) is 124 cm³/mol. The second-order valence-electron chi connectivity index (χ2n) is 8.67. The largest absolute Gasteiger partial charge is 0.493 e. The van der Waals surface area contributed by atoms with E-state index in [-0.39, 0.29) is 19.4 Å². The number of benzene rings is 2. The van der Waals surface area contributed by atoms with Crippen LogP contribution in [-0.4, -0.2) is 27.5 Å². The summed E-state index contributed by atoms with van der Waals surface area (Å²) < 4.78 is 28.1. The Morgan fingerprint density at radius 2 is 1.88 bits per heavy atom. The molecule has 0 aliphatic rings. The molecule has 0 amide bonds. The molecule has 2 aromatic carbocycles. The molecule has 3 aromatic rings. The Hall–Kier alpha value is -3.35. The lowest BCUT2D eigenvalue weighted by Crippen LogP contribution is -2.10. The Balaban J connectivity index is 1.74. The molecule has 7 heteroatoms. The van der Waals surface area contributed by atoms with Crippen LogP contribution in [0, 0.1) is 25.6 Å². The number of hydrogen-bond donors (Lipinski definition) is 1. The third-order valence-corrected chi connectivity index (χ3v) is 5.16. The highest BCUT2D eigenvalue weighted by molar-refractivity contribution is 5.67. The molecule has 1 N–H and O–H groups in total. The van der Waals surface area contributed by atoms with E-state index in [2.05, 4.69) is 18.9 Å². The van der Waals surface area contributed by atoms with Gasteiger partial charge < -0.3 is 14.6 Å². The molecule has 0 saturated heterocycles. The fourth-order valence-electron chi connectivity index (χ4n) is 3.47. The molecule has 0 aliphatic carbocycles. The van der Waals surface area contributed by atoms with Crippen molar-refractivity contribution in [2.75, 3.05) is 6.61 Å². The van der Waals surface area contributed by atoms with Crippen molar-refractivity contribution in [2.45, 2.75) is 53.7 Å². The minimum Gasteiger partial charge on any atom is -0.493 e. The molecule has 1 aromatic heterocycles. The van der Waals surface area contributed by atoms with Crippen LogP contribution in [0.5, 0.6) is 11.5 Å². The van der Waals surface area contributed by atoms with Gasteiger partial charge in [0.1, 0.15) is 23.9 Å². The average molecular weight is 455 g/mol. The lowest BCUT2D eigenvalue weighted by molar-refractivity contribution is -0.136. The van der Waals surface area contributed by atoms with E-state index in [9.17, 15) is 9.18 Å². The van der Waals surface area contributed by atoms with E-state index in [0.717, 1.165) is 28.3 Å². The second kappa shape index (κ2) is 11.0. The van der Waals surface area contributed by atoms with Gasteiger partial charge in [0.05, 0.1) is 18.8 Å². The Morgan fingerprint density at radius 1 is 1.09 bits per heavy atom. The molecule has 0 bridgehead atoms. The van der Waals surface area contributed by atoms with Crippen LogP contribution in [0.2, 0.25) is 0 Å². The normalized spacial score (nSPS) is 11.1. The fraction of sp³-hybridized carbons (Fsp3) is 0.385. The topological polar surface area (TPSA) is 73.6 Å². The number of carbonyl (C=O) groups is 1. The molecule has 0 fully saturated rings. The fourth-order valence-corrected chi connectivity index (χ4v) is 3.47. The van der Waals surface area contributed by atoms with Crippen LogP contribution in [0.4, 0.5) is 4.39 Å². The highest BCUT2D eigenvalue weighted by Crippen LogP contribution is 2.25. The van der Waals surface area contributed by atoms with E-state index in [4.69, 9.17) is 14.6 Å². The number of aromatic nitrogens is 2. The maximum atomic E-state index is 14.3. The van der Waals surface area contributed by atoms with Gasteiger partial charge in [0.25, 0.3) is 0 Å². The first-order valence-corrected chi connectivity index (χ1v) is 11.1. The molecule has 6 nitrogen and oxygen atoms in total. The van der Waals surface area contributed by atoms with Gasteiger partial charge in [-0.1, -0.05) is 26.0 Å². The van der Waals surface area contributed by atoms with Crippen molar-refractivity contribution < 1.29 is 23.8 Å². The van der Waals surface area contributed by atoms with Crippen LogP contribution < -0.4 is 9.47 Å². The average Bonchev–Trinajstić information content (AvgIpc) is 3.07. The zero-order valence-electron chi connectivity index (χ0n) is 19.6. The maximum absolute atomic E-state index is 14.3. The van der Waals surface area contributed by atoms with E-state index in [1.54, 1.807) is 12.1 Å². The summed E-state index contributed by atoms with van der Waals surface area (Å²) in [5, 5.41) is 13.3. The van der Waals surface area contributed by atoms with Gasteiger partial charge >= 0.3 is 5.97 Å². The first kappa shape index (κ1) is 24.3. The molecular weight excluding hydrogens is 423 g/mol. The minimum absolute atomic E-state index is 0.111. The summed E-state index contributed by atoms with van der Waals surface area (Å²) >= 11 is 0. The lowest BCUT2D eigenvalue weighted by Gasteiger charge is -2.16. The number of ether oxygens (including phenoxy) is 2. The van der Waals surface area contributed by atoms with Gasteiger partial charge in [-0.3, -0.25) is 9.48 Å². The van der Waals surface area contributed by atoms with E-state index in [1.807, 2.05) is 42.8 Å². The van der Waals surface area contributed by atoms with Gasteiger partial charge in [0, 0.05) is 23.7 Å². The van der Waals surface area contributed by atoms with Gasteiger partial charge in [-0.25, -0.2) is 4.39 Å². The third kappa shape index (κ3) is 7.07. The summed E-state index contributed by atoms with van der Waals surface area (Å²) in [5.74, 6) is 0.201. The summed E-state index contributed by atoms with van der Waals surface area (Å²) in [7, 11) is 0. The Bertz CT molecular complexity index is 1110. The van der Waals surface area contributed by atoms with Crippen LogP contribution in [0.15, 0.2) is 42.5 Å². The molecule has 0 atom stereocenters. The molecule has 0 saturated carbocycles. The predicted octanol–water partition coefficient (Wildman–Crippen LogP) is 5.32. The monoisotopic (exact) mass is 454 g/mol. The number of rotatable bonds is 11. The van der Waals surface area contributed by atoms with Crippen molar-refractivity contribution in [1.29, 1.82) is 0 Å². The summed E-state index contributed by atoms with van der Waals surface area (Å²) in [4.78, 5) is 10.7. The van der Waals surface area contributed by atoms with Gasteiger partial charge in [-0.05, 0) is 61.6 Å². The van der Waals surface area contributed by atoms with Crippen LogP contribution in [0.25, 0.3) is 0 Å². The van der Waals surface area contributed by atoms with Gasteiger partial charge in [0.15, 0.2) is 0 Å².